The number of rotatable bonds is 6. The van der Waals surface area contributed by atoms with Crippen LogP contribution in [0.1, 0.15) is 20.3 Å². The Balaban J connectivity index is 2.09. The summed E-state index contributed by atoms with van der Waals surface area (Å²) >= 11 is 0. The maximum atomic E-state index is 11.4. The number of nitrogens with zero attached hydrogens (tertiary/aromatic N) is 1. The highest BCUT2D eigenvalue weighted by Gasteiger charge is 2.39. The number of amides is 1. The van der Waals surface area contributed by atoms with Crippen LogP contribution >= 0.6 is 0 Å². The first-order valence-corrected chi connectivity index (χ1v) is 5.15. The molecule has 0 saturated carbocycles. The lowest BCUT2D eigenvalue weighted by molar-refractivity contribution is -0.122. The third-order valence-corrected chi connectivity index (χ3v) is 2.32. The van der Waals surface area contributed by atoms with Crippen molar-refractivity contribution in [2.75, 3.05) is 33.3 Å². The Morgan fingerprint density at radius 2 is 2.29 bits per heavy atom. The number of hydrogen-bond donors (Lipinski definition) is 1. The molecule has 0 spiro atoms. The number of nitrogens with one attached hydrogen (secondary N) is 1. The van der Waals surface area contributed by atoms with Crippen molar-refractivity contribution >= 4 is 5.91 Å². The Bertz CT molecular complexity index is 202. The summed E-state index contributed by atoms with van der Waals surface area (Å²) in [6.45, 7) is 6.94. The van der Waals surface area contributed by atoms with Gasteiger partial charge in [0.2, 0.25) is 5.91 Å². The largest absolute Gasteiger partial charge is 0.368 e. The predicted molar refractivity (Wildman–Crippen MR) is 55.2 cm³/mol. The molecule has 1 amide bonds. The van der Waals surface area contributed by atoms with Gasteiger partial charge in [-0.15, -0.1) is 0 Å². The number of ether oxygens (including phenoxy) is 1. The Morgan fingerprint density at radius 1 is 1.64 bits per heavy atom. The average Bonchev–Trinajstić information content (AvgIpc) is 2.82. The van der Waals surface area contributed by atoms with Gasteiger partial charge in [-0.3, -0.25) is 9.69 Å². The number of likely N-dealkylation sites (N-methyl/N-ethyl adjacent to an activating group) is 1. The second kappa shape index (κ2) is 4.75. The predicted octanol–water partition coefficient (Wildman–Crippen LogP) is 0.233. The highest BCUT2D eigenvalue weighted by atomic mass is 16.6. The van der Waals surface area contributed by atoms with Gasteiger partial charge in [0.1, 0.15) is 5.60 Å². The van der Waals surface area contributed by atoms with Crippen LogP contribution < -0.4 is 5.32 Å². The fraction of sp³-hybridized carbons (Fsp3) is 0.900. The third-order valence-electron chi connectivity index (χ3n) is 2.32. The Morgan fingerprint density at radius 3 is 2.79 bits per heavy atom. The van der Waals surface area contributed by atoms with Crippen molar-refractivity contribution in [3.8, 4) is 0 Å². The van der Waals surface area contributed by atoms with Crippen molar-refractivity contribution < 1.29 is 9.53 Å². The van der Waals surface area contributed by atoms with Crippen LogP contribution in [0.25, 0.3) is 0 Å². The topological polar surface area (TPSA) is 44.9 Å². The van der Waals surface area contributed by atoms with Gasteiger partial charge < -0.3 is 10.1 Å². The van der Waals surface area contributed by atoms with Crippen LogP contribution in [0, 0.1) is 0 Å². The van der Waals surface area contributed by atoms with Crippen molar-refractivity contribution in [1.29, 1.82) is 0 Å². The second-order valence-electron chi connectivity index (χ2n) is 4.25. The Kier molecular flexibility index (Phi) is 3.89. The molecule has 14 heavy (non-hydrogen) atoms. The molecule has 1 saturated heterocycles. The molecule has 1 heterocycles. The third kappa shape index (κ3) is 4.07. The molecule has 0 aliphatic carbocycles. The first-order valence-electron chi connectivity index (χ1n) is 5.15. The maximum Gasteiger partial charge on any atom is 0.234 e. The first kappa shape index (κ1) is 11.5. The summed E-state index contributed by atoms with van der Waals surface area (Å²) in [5, 5.41) is 2.87. The first-order chi connectivity index (χ1) is 6.56. The van der Waals surface area contributed by atoms with Gasteiger partial charge in [-0.05, 0) is 26.9 Å². The summed E-state index contributed by atoms with van der Waals surface area (Å²) in [4.78, 5) is 13.4. The zero-order valence-electron chi connectivity index (χ0n) is 9.30. The van der Waals surface area contributed by atoms with Gasteiger partial charge in [0.25, 0.3) is 0 Å². The van der Waals surface area contributed by atoms with E-state index in [1.165, 1.54) is 0 Å². The molecule has 0 aromatic rings. The second-order valence-corrected chi connectivity index (χ2v) is 4.25. The van der Waals surface area contributed by atoms with Gasteiger partial charge >= 0.3 is 0 Å². The van der Waals surface area contributed by atoms with E-state index >= 15 is 0 Å². The van der Waals surface area contributed by atoms with E-state index in [0.29, 0.717) is 13.1 Å². The van der Waals surface area contributed by atoms with E-state index in [1.807, 2.05) is 18.9 Å². The summed E-state index contributed by atoms with van der Waals surface area (Å²) in [5.41, 5.74) is -0.0843. The van der Waals surface area contributed by atoms with E-state index in [2.05, 4.69) is 12.2 Å². The molecular formula is C10H20N2O2. The summed E-state index contributed by atoms with van der Waals surface area (Å²) < 4.78 is 5.17. The minimum Gasteiger partial charge on any atom is -0.368 e. The molecule has 1 atom stereocenters. The van der Waals surface area contributed by atoms with E-state index in [1.54, 1.807) is 0 Å². The van der Waals surface area contributed by atoms with E-state index in [4.69, 9.17) is 4.74 Å². The van der Waals surface area contributed by atoms with E-state index in [-0.39, 0.29) is 11.5 Å². The zero-order chi connectivity index (χ0) is 10.6. The van der Waals surface area contributed by atoms with Crippen molar-refractivity contribution in [3.05, 3.63) is 0 Å². The van der Waals surface area contributed by atoms with E-state index < -0.39 is 0 Å². The molecule has 1 aliphatic rings. The van der Waals surface area contributed by atoms with Gasteiger partial charge in [-0.2, -0.15) is 0 Å². The summed E-state index contributed by atoms with van der Waals surface area (Å²) in [6, 6.07) is 0. The van der Waals surface area contributed by atoms with Crippen LogP contribution in [0.4, 0.5) is 0 Å². The number of epoxide rings is 1. The van der Waals surface area contributed by atoms with Gasteiger partial charge in [-0.25, -0.2) is 0 Å². The van der Waals surface area contributed by atoms with Crippen LogP contribution in [-0.2, 0) is 9.53 Å². The Hall–Kier alpha value is -0.610. The van der Waals surface area contributed by atoms with Crippen LogP contribution in [0.15, 0.2) is 0 Å². The van der Waals surface area contributed by atoms with Crippen molar-refractivity contribution in [1.82, 2.24) is 10.2 Å². The normalized spacial score (nSPS) is 25.1. The fourth-order valence-corrected chi connectivity index (χ4v) is 1.27. The smallest absolute Gasteiger partial charge is 0.234 e. The molecule has 1 rings (SSSR count). The monoisotopic (exact) mass is 200 g/mol. The highest BCUT2D eigenvalue weighted by Crippen LogP contribution is 2.24. The molecule has 0 radical (unpaired) electrons. The van der Waals surface area contributed by atoms with Crippen LogP contribution in [-0.4, -0.2) is 49.7 Å². The summed E-state index contributed by atoms with van der Waals surface area (Å²) in [5.74, 6) is 0.0812. The molecule has 0 aromatic carbocycles. The summed E-state index contributed by atoms with van der Waals surface area (Å²) in [7, 11) is 1.96. The molecular weight excluding hydrogens is 180 g/mol. The zero-order valence-corrected chi connectivity index (χ0v) is 9.30. The number of carbonyl (C=O) groups is 1. The van der Waals surface area contributed by atoms with Gasteiger partial charge in [-0.1, -0.05) is 6.92 Å². The maximum absolute atomic E-state index is 11.4. The SMILES string of the molecule is CCCN(C)CC(=O)NCC1(C)CO1. The highest BCUT2D eigenvalue weighted by molar-refractivity contribution is 5.78. The van der Waals surface area contributed by atoms with Crippen LogP contribution in [0.2, 0.25) is 0 Å². The quantitative estimate of drug-likeness (QED) is 0.624. The molecule has 0 aromatic heterocycles. The van der Waals surface area contributed by atoms with Crippen LogP contribution in [0.5, 0.6) is 0 Å². The number of carbonyl (C=O) groups excluding carboxylic acids is 1. The molecule has 0 bridgehead atoms. The Labute approximate surface area is 85.6 Å². The molecule has 4 heteroatoms. The number of hydrogen-bond acceptors (Lipinski definition) is 3. The van der Waals surface area contributed by atoms with Gasteiger partial charge in [0, 0.05) is 6.54 Å². The van der Waals surface area contributed by atoms with Crippen molar-refractivity contribution in [2.45, 2.75) is 25.9 Å². The fourth-order valence-electron chi connectivity index (χ4n) is 1.27. The molecule has 1 unspecified atom stereocenters. The van der Waals surface area contributed by atoms with E-state index in [0.717, 1.165) is 19.6 Å². The van der Waals surface area contributed by atoms with Crippen molar-refractivity contribution in [2.24, 2.45) is 0 Å². The molecule has 1 fully saturated rings. The molecule has 82 valence electrons. The average molecular weight is 200 g/mol. The van der Waals surface area contributed by atoms with Gasteiger partial charge in [0.05, 0.1) is 13.2 Å². The lowest BCUT2D eigenvalue weighted by atomic mass is 10.2. The van der Waals surface area contributed by atoms with E-state index in [9.17, 15) is 4.79 Å². The molecule has 4 nitrogen and oxygen atoms in total. The summed E-state index contributed by atoms with van der Waals surface area (Å²) in [6.07, 6.45) is 1.07. The van der Waals surface area contributed by atoms with Crippen LogP contribution in [0.3, 0.4) is 0 Å². The van der Waals surface area contributed by atoms with Gasteiger partial charge in [0.15, 0.2) is 0 Å². The minimum absolute atomic E-state index is 0.0812. The standard InChI is InChI=1S/C10H20N2O2/c1-4-5-12(3)6-9(13)11-7-10(2)8-14-10/h4-8H2,1-3H3,(H,11,13). The van der Waals surface area contributed by atoms with Crippen molar-refractivity contribution in [3.63, 3.8) is 0 Å². The molecule has 1 N–H and O–H groups in total. The lowest BCUT2D eigenvalue weighted by Crippen LogP contribution is -2.39. The minimum atomic E-state index is -0.0843. The lowest BCUT2D eigenvalue weighted by Gasteiger charge is -2.15. The molecule has 1 aliphatic heterocycles.